The normalized spacial score (nSPS) is 11.6. The number of rotatable bonds is 12. The Bertz CT molecular complexity index is 3430. The molecular weight excluding hydrogens is 869 g/mol. The molecule has 8 aromatic rings. The molecule has 8 bridgehead atoms. The van der Waals surface area contributed by atoms with Gasteiger partial charge < -0.3 is 43.5 Å². The van der Waals surface area contributed by atoms with Crippen molar-refractivity contribution in [1.29, 1.82) is 0 Å². The average molecular weight is 915 g/mol. The molecule has 0 spiro atoms. The second-order valence-electron chi connectivity index (χ2n) is 16.3. The van der Waals surface area contributed by atoms with Crippen LogP contribution < -0.4 is 28.4 Å². The number of aromatic nitrogens is 4. The molecule has 0 radical (unpaired) electrons. The van der Waals surface area contributed by atoms with E-state index in [1.54, 1.807) is 54.8 Å². The third-order valence-electron chi connectivity index (χ3n) is 12.3. The van der Waals surface area contributed by atoms with Crippen LogP contribution in [0.2, 0.25) is 0 Å². The quantitative estimate of drug-likeness (QED) is 0.108. The lowest BCUT2D eigenvalue weighted by Gasteiger charge is -2.11. The molecule has 342 valence electrons. The van der Waals surface area contributed by atoms with Crippen molar-refractivity contribution in [1.82, 2.24) is 19.9 Å². The molecule has 2 aliphatic rings. The van der Waals surface area contributed by atoms with Crippen molar-refractivity contribution in [2.45, 2.75) is 0 Å². The molecule has 0 aliphatic carbocycles. The molecule has 0 atom stereocenters. The van der Waals surface area contributed by atoms with Gasteiger partial charge >= 0.3 is 5.97 Å². The number of benzene rings is 5. The Morgan fingerprint density at radius 3 is 0.899 bits per heavy atom. The Morgan fingerprint density at radius 1 is 0.362 bits per heavy atom. The fourth-order valence-electron chi connectivity index (χ4n) is 8.91. The zero-order valence-corrected chi connectivity index (χ0v) is 38.6. The fourth-order valence-corrected chi connectivity index (χ4v) is 8.91. The molecule has 0 saturated heterocycles. The van der Waals surface area contributed by atoms with E-state index in [0.29, 0.717) is 51.6 Å². The maximum absolute atomic E-state index is 11.6. The minimum atomic E-state index is -0.972. The number of methoxy groups -OCH3 is 6. The zero-order valence-electron chi connectivity index (χ0n) is 38.6. The van der Waals surface area contributed by atoms with E-state index >= 15 is 0 Å². The van der Waals surface area contributed by atoms with Crippen LogP contribution in [0.4, 0.5) is 0 Å². The number of carboxylic acids is 1. The number of ether oxygens (including phenoxy) is 6. The molecule has 5 aromatic carbocycles. The molecule has 0 unspecified atom stereocenters. The van der Waals surface area contributed by atoms with Crippen molar-refractivity contribution in [3.63, 3.8) is 0 Å². The number of fused-ring (bicyclic) bond motifs is 8. The van der Waals surface area contributed by atoms with Crippen molar-refractivity contribution in [3.8, 4) is 90.1 Å². The van der Waals surface area contributed by atoms with Gasteiger partial charge in [0.2, 0.25) is 0 Å². The summed E-state index contributed by atoms with van der Waals surface area (Å²) in [5, 5.41) is 9.51. The van der Waals surface area contributed by atoms with Crippen molar-refractivity contribution in [2.75, 3.05) is 42.7 Å². The molecule has 10 rings (SSSR count). The van der Waals surface area contributed by atoms with Crippen LogP contribution in [0.5, 0.6) is 34.5 Å². The summed E-state index contributed by atoms with van der Waals surface area (Å²) in [6, 6.07) is 40.6. The van der Waals surface area contributed by atoms with Crippen LogP contribution in [0.3, 0.4) is 0 Å². The molecule has 0 amide bonds. The molecule has 2 aliphatic heterocycles. The highest BCUT2D eigenvalue weighted by molar-refractivity contribution is 6.00. The number of hydrogen-bond acceptors (Lipinski definition) is 9. The molecule has 0 fully saturated rings. The molecule has 12 heteroatoms. The number of nitrogens with zero attached hydrogens (tertiary/aromatic N) is 2. The second kappa shape index (κ2) is 18.3. The van der Waals surface area contributed by atoms with Crippen LogP contribution in [0.25, 0.3) is 102 Å². The Kier molecular flexibility index (Phi) is 11.6. The summed E-state index contributed by atoms with van der Waals surface area (Å²) in [6.45, 7) is 0. The smallest absolute Gasteiger partial charge is 0.335 e. The van der Waals surface area contributed by atoms with E-state index in [1.165, 1.54) is 0 Å². The summed E-state index contributed by atoms with van der Waals surface area (Å²) in [7, 11) is 9.80. The average Bonchev–Trinajstić information content (AvgIpc) is 4.25. The first kappa shape index (κ1) is 43.8. The number of aromatic carboxylic acids is 1. The van der Waals surface area contributed by atoms with E-state index < -0.39 is 5.97 Å². The number of hydrogen-bond donors (Lipinski definition) is 3. The standard InChI is InChI=1S/C57H46N4O8/c1-64-39-23-36(24-40(29-39)65-2)54-47-17-15-45(58-47)53(34-11-7-32(8-12-34)33-9-13-35(14-10-33)57(62)63)46-16-18-48(59-46)55(37-25-41(66-3)30-42(26-37)67-4)50-20-22-52(61-50)56(51-21-19-49(54)60-51)38-27-43(68-5)31-44(28-38)69-6/h7-31,58,61H,1-6H3,(H,62,63). The van der Waals surface area contributed by atoms with E-state index in [-0.39, 0.29) is 5.56 Å². The summed E-state index contributed by atoms with van der Waals surface area (Å²) < 4.78 is 34.8. The van der Waals surface area contributed by atoms with Gasteiger partial charge in [0.05, 0.1) is 71.0 Å². The van der Waals surface area contributed by atoms with E-state index in [0.717, 1.165) is 83.4 Å². The van der Waals surface area contributed by atoms with E-state index in [9.17, 15) is 9.90 Å². The zero-order chi connectivity index (χ0) is 47.8. The predicted molar refractivity (Wildman–Crippen MR) is 272 cm³/mol. The number of H-pyrrole nitrogens is 2. The van der Waals surface area contributed by atoms with Crippen LogP contribution in [-0.2, 0) is 0 Å². The first-order valence-corrected chi connectivity index (χ1v) is 22.0. The topological polar surface area (TPSA) is 150 Å². The second-order valence-corrected chi connectivity index (χ2v) is 16.3. The fraction of sp³-hybridized carbons (Fsp3) is 0.105. The monoisotopic (exact) mass is 914 g/mol. The third kappa shape index (κ3) is 8.40. The SMILES string of the molecule is COc1cc(OC)cc(-c2c3nc(c(-c4cc(OC)cc(OC)c4)c4ccc([nH]4)c(-c4cc(OC)cc(OC)c4)c4nc(c(-c5ccc(-c6ccc(C(=O)O)cc6)cc5)c5ccc2[nH]5)C=C4)C=C3)c1. The van der Waals surface area contributed by atoms with E-state index in [4.69, 9.17) is 38.4 Å². The van der Waals surface area contributed by atoms with Crippen LogP contribution in [0.15, 0.2) is 127 Å². The van der Waals surface area contributed by atoms with Gasteiger partial charge in [0, 0.05) is 62.5 Å². The van der Waals surface area contributed by atoms with Crippen molar-refractivity contribution < 1.29 is 38.3 Å². The van der Waals surface area contributed by atoms with Gasteiger partial charge in [-0.1, -0.05) is 36.4 Å². The lowest BCUT2D eigenvalue weighted by Crippen LogP contribution is -1.94. The van der Waals surface area contributed by atoms with Crippen LogP contribution >= 0.6 is 0 Å². The molecule has 3 aromatic heterocycles. The van der Waals surface area contributed by atoms with Gasteiger partial charge in [-0.2, -0.15) is 0 Å². The van der Waals surface area contributed by atoms with Gasteiger partial charge in [0.25, 0.3) is 0 Å². The van der Waals surface area contributed by atoms with Gasteiger partial charge in [-0.05, 0) is 130 Å². The Morgan fingerprint density at radius 2 is 0.623 bits per heavy atom. The molecule has 12 nitrogen and oxygen atoms in total. The van der Waals surface area contributed by atoms with Crippen molar-refractivity contribution in [2.24, 2.45) is 0 Å². The summed E-state index contributed by atoms with van der Waals surface area (Å²) in [6.07, 6.45) is 8.10. The summed E-state index contributed by atoms with van der Waals surface area (Å²) in [4.78, 5) is 30.1. The Balaban J connectivity index is 1.34. The Hall–Kier alpha value is -9.03. The van der Waals surface area contributed by atoms with Crippen LogP contribution in [0.1, 0.15) is 33.1 Å². The Labute approximate surface area is 397 Å². The predicted octanol–water partition coefficient (Wildman–Crippen LogP) is 12.7. The van der Waals surface area contributed by atoms with E-state index in [2.05, 4.69) is 34.2 Å². The number of carbonyl (C=O) groups is 1. The number of carboxylic acid groups (broad SMARTS) is 1. The summed E-state index contributed by atoms with van der Waals surface area (Å²) in [5.41, 5.74) is 14.7. The molecule has 5 heterocycles. The highest BCUT2D eigenvalue weighted by Gasteiger charge is 2.21. The lowest BCUT2D eigenvalue weighted by molar-refractivity contribution is 0.0697. The van der Waals surface area contributed by atoms with Gasteiger partial charge in [0.1, 0.15) is 34.5 Å². The minimum Gasteiger partial charge on any atom is -0.497 e. The number of aromatic amines is 2. The molecule has 0 saturated carbocycles. The first-order chi connectivity index (χ1) is 33.7. The van der Waals surface area contributed by atoms with Crippen molar-refractivity contribution in [3.05, 3.63) is 156 Å². The van der Waals surface area contributed by atoms with Gasteiger partial charge in [-0.3, -0.25) is 0 Å². The van der Waals surface area contributed by atoms with Crippen LogP contribution in [0, 0.1) is 0 Å². The van der Waals surface area contributed by atoms with Crippen molar-refractivity contribution >= 4 is 52.3 Å². The third-order valence-corrected chi connectivity index (χ3v) is 12.3. The maximum Gasteiger partial charge on any atom is 0.335 e. The molecule has 69 heavy (non-hydrogen) atoms. The molecular formula is C57H46N4O8. The number of nitrogens with one attached hydrogen (secondary N) is 2. The lowest BCUT2D eigenvalue weighted by atomic mass is 9.98. The maximum atomic E-state index is 11.6. The summed E-state index contributed by atoms with van der Waals surface area (Å²) >= 11 is 0. The van der Waals surface area contributed by atoms with E-state index in [1.807, 2.05) is 115 Å². The molecule has 3 N–H and O–H groups in total. The first-order valence-electron chi connectivity index (χ1n) is 22.0. The highest BCUT2D eigenvalue weighted by atomic mass is 16.5. The summed E-state index contributed by atoms with van der Waals surface area (Å²) in [5.74, 6) is 2.76. The minimum absolute atomic E-state index is 0.226. The van der Waals surface area contributed by atoms with Gasteiger partial charge in [-0.15, -0.1) is 0 Å². The van der Waals surface area contributed by atoms with Crippen LogP contribution in [-0.4, -0.2) is 73.7 Å². The van der Waals surface area contributed by atoms with Gasteiger partial charge in [-0.25, -0.2) is 14.8 Å². The largest absolute Gasteiger partial charge is 0.497 e. The van der Waals surface area contributed by atoms with Gasteiger partial charge in [0.15, 0.2) is 0 Å². The highest BCUT2D eigenvalue weighted by Crippen LogP contribution is 2.42.